The summed E-state index contributed by atoms with van der Waals surface area (Å²) in [5.41, 5.74) is 2.60. The first-order valence-corrected chi connectivity index (χ1v) is 10.4. The number of benzene rings is 2. The van der Waals surface area contributed by atoms with Gasteiger partial charge in [0.2, 0.25) is 5.91 Å². The summed E-state index contributed by atoms with van der Waals surface area (Å²) in [4.78, 5) is 18.6. The van der Waals surface area contributed by atoms with Crippen molar-refractivity contribution in [3.05, 3.63) is 52.5 Å². The van der Waals surface area contributed by atoms with Crippen LogP contribution in [0.1, 0.15) is 24.1 Å². The molecular formula is C21H23ClN2O2S. The molecule has 2 heterocycles. The highest BCUT2D eigenvalue weighted by molar-refractivity contribution is 7.99. The van der Waals surface area contributed by atoms with Crippen LogP contribution in [-0.4, -0.2) is 49.0 Å². The highest BCUT2D eigenvalue weighted by Gasteiger charge is 2.30. The molecule has 6 heteroatoms. The number of halogens is 1. The van der Waals surface area contributed by atoms with Gasteiger partial charge in [0.05, 0.1) is 7.11 Å². The number of carbonyl (C=O) groups excluding carboxylic acids is 1. The van der Waals surface area contributed by atoms with Crippen LogP contribution < -0.4 is 4.74 Å². The van der Waals surface area contributed by atoms with Crippen LogP contribution in [-0.2, 0) is 11.2 Å². The van der Waals surface area contributed by atoms with E-state index >= 15 is 0 Å². The van der Waals surface area contributed by atoms with Gasteiger partial charge in [0.25, 0.3) is 0 Å². The fourth-order valence-electron chi connectivity index (χ4n) is 3.91. The number of hydrogen-bond acceptors (Lipinski definition) is 4. The summed E-state index contributed by atoms with van der Waals surface area (Å²) < 4.78 is 5.42. The predicted molar refractivity (Wildman–Crippen MR) is 109 cm³/mol. The van der Waals surface area contributed by atoms with Crippen LogP contribution in [0.4, 0.5) is 0 Å². The van der Waals surface area contributed by atoms with Crippen molar-refractivity contribution in [3.8, 4) is 5.75 Å². The molecule has 0 N–H and O–H groups in total. The fourth-order valence-corrected chi connectivity index (χ4v) is 5.23. The number of hydrogen-bond donors (Lipinski definition) is 0. The van der Waals surface area contributed by atoms with Crippen LogP contribution in [0.3, 0.4) is 0 Å². The van der Waals surface area contributed by atoms with Crippen LogP contribution in [0.15, 0.2) is 46.2 Å². The van der Waals surface area contributed by atoms with Crippen molar-refractivity contribution in [2.75, 3.05) is 33.3 Å². The molecule has 0 spiro atoms. The Kier molecular flexibility index (Phi) is 5.35. The zero-order valence-corrected chi connectivity index (χ0v) is 17.1. The van der Waals surface area contributed by atoms with Gasteiger partial charge in [-0.25, -0.2) is 0 Å². The lowest BCUT2D eigenvalue weighted by Gasteiger charge is -2.39. The average Bonchev–Trinajstić information content (AvgIpc) is 2.83. The number of piperazine rings is 1. The van der Waals surface area contributed by atoms with E-state index in [1.54, 1.807) is 25.8 Å². The van der Waals surface area contributed by atoms with Gasteiger partial charge in [-0.1, -0.05) is 29.4 Å². The van der Waals surface area contributed by atoms with Crippen molar-refractivity contribution in [2.24, 2.45) is 0 Å². The van der Waals surface area contributed by atoms with E-state index in [1.165, 1.54) is 20.9 Å². The highest BCUT2D eigenvalue weighted by Crippen LogP contribution is 2.44. The third-order valence-electron chi connectivity index (χ3n) is 5.44. The lowest BCUT2D eigenvalue weighted by Crippen LogP contribution is -2.49. The zero-order valence-electron chi connectivity index (χ0n) is 15.6. The molecule has 2 aliphatic heterocycles. The number of rotatable bonds is 2. The summed E-state index contributed by atoms with van der Waals surface area (Å²) in [7, 11) is 1.70. The summed E-state index contributed by atoms with van der Waals surface area (Å²) in [6.45, 7) is 4.98. The van der Waals surface area contributed by atoms with Crippen LogP contribution >= 0.6 is 23.4 Å². The molecule has 0 bridgehead atoms. The van der Waals surface area contributed by atoms with Crippen LogP contribution in [0.25, 0.3) is 0 Å². The number of fused-ring (bicyclic) bond motifs is 2. The Morgan fingerprint density at radius 1 is 1.11 bits per heavy atom. The first kappa shape index (κ1) is 18.7. The van der Waals surface area contributed by atoms with Gasteiger partial charge in [-0.15, -0.1) is 0 Å². The fraction of sp³-hybridized carbons (Fsp3) is 0.381. The van der Waals surface area contributed by atoms with Crippen LogP contribution in [0, 0.1) is 0 Å². The largest absolute Gasteiger partial charge is 0.497 e. The lowest BCUT2D eigenvalue weighted by atomic mass is 9.96. The zero-order chi connectivity index (χ0) is 19.0. The summed E-state index contributed by atoms with van der Waals surface area (Å²) in [5.74, 6) is 1.04. The molecule has 0 radical (unpaired) electrons. The quantitative estimate of drug-likeness (QED) is 0.751. The molecule has 1 fully saturated rings. The minimum Gasteiger partial charge on any atom is -0.497 e. The molecule has 0 aromatic heterocycles. The van der Waals surface area contributed by atoms with Gasteiger partial charge in [0.1, 0.15) is 5.75 Å². The summed E-state index contributed by atoms with van der Waals surface area (Å²) in [5, 5.41) is 0.769. The lowest BCUT2D eigenvalue weighted by molar-refractivity contribution is -0.130. The first-order chi connectivity index (χ1) is 13.0. The molecule has 1 unspecified atom stereocenters. The monoisotopic (exact) mass is 402 g/mol. The molecule has 2 aliphatic rings. The predicted octanol–water partition coefficient (Wildman–Crippen LogP) is 4.26. The van der Waals surface area contributed by atoms with E-state index in [4.69, 9.17) is 16.3 Å². The Hall–Kier alpha value is -1.69. The van der Waals surface area contributed by atoms with Crippen molar-refractivity contribution < 1.29 is 9.53 Å². The third kappa shape index (κ3) is 3.82. The number of carbonyl (C=O) groups is 1. The molecule has 0 aliphatic carbocycles. The van der Waals surface area contributed by atoms with Gasteiger partial charge in [-0.3, -0.25) is 9.69 Å². The molecule has 2 aromatic rings. The van der Waals surface area contributed by atoms with E-state index in [1.807, 2.05) is 17.0 Å². The van der Waals surface area contributed by atoms with E-state index in [0.29, 0.717) is 0 Å². The SMILES string of the molecule is COc1ccc2c(c1)Sc1ccc(Cl)cc1C(N1CCN(C(C)=O)CC1)C2. The third-order valence-corrected chi connectivity index (χ3v) is 6.87. The average molecular weight is 403 g/mol. The van der Waals surface area contributed by atoms with Gasteiger partial charge < -0.3 is 9.64 Å². The molecule has 142 valence electrons. The van der Waals surface area contributed by atoms with Crippen LogP contribution in [0.5, 0.6) is 5.75 Å². The van der Waals surface area contributed by atoms with E-state index in [9.17, 15) is 4.79 Å². The van der Waals surface area contributed by atoms with Gasteiger partial charge in [0.15, 0.2) is 0 Å². The molecule has 4 rings (SSSR count). The molecule has 4 nitrogen and oxygen atoms in total. The molecule has 1 atom stereocenters. The molecule has 0 saturated carbocycles. The van der Waals surface area contributed by atoms with Gasteiger partial charge >= 0.3 is 0 Å². The minimum absolute atomic E-state index is 0.159. The van der Waals surface area contributed by atoms with Crippen molar-refractivity contribution in [1.82, 2.24) is 9.80 Å². The molecule has 27 heavy (non-hydrogen) atoms. The molecule has 1 amide bonds. The number of methoxy groups -OCH3 is 1. The summed E-state index contributed by atoms with van der Waals surface area (Å²) >= 11 is 8.14. The molecule has 2 aromatic carbocycles. The number of ether oxygens (including phenoxy) is 1. The maximum absolute atomic E-state index is 11.7. The standard InChI is InChI=1S/C21H23ClN2O2S/c1-14(25)23-7-9-24(10-8-23)19-11-15-3-5-17(26-2)13-21(15)27-20-6-4-16(22)12-18(19)20/h3-6,12-13,19H,7-11H2,1-2H3. The Labute approximate surface area is 169 Å². The highest BCUT2D eigenvalue weighted by atomic mass is 35.5. The second-order valence-corrected chi connectivity index (χ2v) is 8.54. The second kappa shape index (κ2) is 7.74. The van der Waals surface area contributed by atoms with Crippen LogP contribution in [0.2, 0.25) is 5.02 Å². The maximum Gasteiger partial charge on any atom is 0.219 e. The Morgan fingerprint density at radius 2 is 1.89 bits per heavy atom. The number of nitrogens with zero attached hydrogens (tertiary/aromatic N) is 2. The normalized spacial score (nSPS) is 19.8. The van der Waals surface area contributed by atoms with Crippen molar-refractivity contribution in [1.29, 1.82) is 0 Å². The molecular weight excluding hydrogens is 380 g/mol. The van der Waals surface area contributed by atoms with Gasteiger partial charge in [-0.2, -0.15) is 0 Å². The Balaban J connectivity index is 1.70. The van der Waals surface area contributed by atoms with Crippen molar-refractivity contribution >= 4 is 29.3 Å². The Morgan fingerprint density at radius 3 is 2.59 bits per heavy atom. The Bertz CT molecular complexity index is 865. The van der Waals surface area contributed by atoms with E-state index in [-0.39, 0.29) is 11.9 Å². The van der Waals surface area contributed by atoms with Gasteiger partial charge in [0, 0.05) is 54.0 Å². The summed E-state index contributed by atoms with van der Waals surface area (Å²) in [6.07, 6.45) is 0.930. The van der Waals surface area contributed by atoms with Crippen molar-refractivity contribution in [3.63, 3.8) is 0 Å². The van der Waals surface area contributed by atoms with E-state index < -0.39 is 0 Å². The van der Waals surface area contributed by atoms with E-state index in [0.717, 1.165) is 43.4 Å². The second-order valence-electron chi connectivity index (χ2n) is 7.02. The van der Waals surface area contributed by atoms with Crippen molar-refractivity contribution in [2.45, 2.75) is 29.2 Å². The smallest absolute Gasteiger partial charge is 0.219 e. The molecule has 1 saturated heterocycles. The number of amides is 1. The first-order valence-electron chi connectivity index (χ1n) is 9.19. The topological polar surface area (TPSA) is 32.8 Å². The van der Waals surface area contributed by atoms with Gasteiger partial charge in [-0.05, 0) is 47.9 Å². The summed E-state index contributed by atoms with van der Waals surface area (Å²) in [6, 6.07) is 12.8. The minimum atomic E-state index is 0.159. The van der Waals surface area contributed by atoms with E-state index in [2.05, 4.69) is 29.2 Å². The maximum atomic E-state index is 11.7.